The quantitative estimate of drug-likeness (QED) is 0.695. The van der Waals surface area contributed by atoms with Crippen molar-refractivity contribution in [2.45, 2.75) is 45.7 Å². The lowest BCUT2D eigenvalue weighted by Gasteiger charge is -2.28. The first-order chi connectivity index (χ1) is 9.41. The Bertz CT molecular complexity index is 432. The highest BCUT2D eigenvalue weighted by Gasteiger charge is 2.20. The first kappa shape index (κ1) is 15.9. The zero-order chi connectivity index (χ0) is 15.1. The van der Waals surface area contributed by atoms with Gasteiger partial charge in [0.2, 0.25) is 0 Å². The fourth-order valence-corrected chi connectivity index (χ4v) is 1.75. The molecule has 0 aliphatic carbocycles. The molecule has 1 heterocycles. The molecule has 112 valence electrons. The predicted molar refractivity (Wildman–Crippen MR) is 72.0 cm³/mol. The van der Waals surface area contributed by atoms with Gasteiger partial charge in [-0.25, -0.2) is 9.78 Å². The van der Waals surface area contributed by atoms with Gasteiger partial charge in [0, 0.05) is 19.0 Å². The first-order valence-electron chi connectivity index (χ1n) is 6.56. The molecule has 8 nitrogen and oxygen atoms in total. The van der Waals surface area contributed by atoms with Crippen molar-refractivity contribution in [3.63, 3.8) is 0 Å². The Kier molecular flexibility index (Phi) is 5.95. The Labute approximate surface area is 117 Å². The van der Waals surface area contributed by atoms with Crippen LogP contribution >= 0.6 is 0 Å². The highest BCUT2D eigenvalue weighted by atomic mass is 16.4. The van der Waals surface area contributed by atoms with Crippen molar-refractivity contribution in [2.75, 3.05) is 6.54 Å². The Morgan fingerprint density at radius 1 is 1.45 bits per heavy atom. The normalized spacial score (nSPS) is 12.2. The van der Waals surface area contributed by atoms with Crippen LogP contribution in [0.15, 0.2) is 6.33 Å². The van der Waals surface area contributed by atoms with E-state index in [1.807, 2.05) is 13.8 Å². The fraction of sp³-hybridized carbons (Fsp3) is 0.667. The van der Waals surface area contributed by atoms with E-state index in [1.54, 1.807) is 11.8 Å². The van der Waals surface area contributed by atoms with Crippen molar-refractivity contribution in [2.24, 2.45) is 0 Å². The molecule has 0 aliphatic heterocycles. The molecule has 0 saturated heterocycles. The third kappa shape index (κ3) is 4.87. The Morgan fingerprint density at radius 3 is 2.65 bits per heavy atom. The third-order valence-electron chi connectivity index (χ3n) is 2.86. The molecule has 0 bridgehead atoms. The van der Waals surface area contributed by atoms with E-state index in [0.29, 0.717) is 18.8 Å². The minimum absolute atomic E-state index is 0.00859. The average Bonchev–Trinajstić information content (AvgIpc) is 2.87. The monoisotopic (exact) mass is 283 g/mol. The van der Waals surface area contributed by atoms with Crippen LogP contribution in [0.3, 0.4) is 0 Å². The molecule has 0 spiro atoms. The highest BCUT2D eigenvalue weighted by Crippen LogP contribution is 2.08. The van der Waals surface area contributed by atoms with Crippen molar-refractivity contribution in [1.29, 1.82) is 0 Å². The molecule has 3 N–H and O–H groups in total. The molecule has 20 heavy (non-hydrogen) atoms. The number of carboxylic acids is 1. The summed E-state index contributed by atoms with van der Waals surface area (Å²) in [6, 6.07) is -0.536. The molecule has 0 saturated carbocycles. The van der Waals surface area contributed by atoms with Crippen LogP contribution < -0.4 is 5.32 Å². The Balaban J connectivity index is 2.53. The molecule has 1 atom stereocenters. The maximum atomic E-state index is 12.2. The molecule has 8 heteroatoms. The van der Waals surface area contributed by atoms with Crippen LogP contribution in [0.25, 0.3) is 0 Å². The Morgan fingerprint density at radius 2 is 2.15 bits per heavy atom. The van der Waals surface area contributed by atoms with Crippen LogP contribution in [0.5, 0.6) is 0 Å². The Hall–Kier alpha value is -2.12. The smallest absolute Gasteiger partial charge is 0.318 e. The standard InChI is InChI=1S/C12H21N5O3/c1-8(2)17(6-4-5-10(18)19)12(20)15-9(3)11-13-7-14-16-11/h7-9H,4-6H2,1-3H3,(H,15,20)(H,18,19)(H,13,14,16). The number of H-pyrrole nitrogens is 1. The van der Waals surface area contributed by atoms with Gasteiger partial charge in [-0.05, 0) is 27.2 Å². The number of carbonyl (C=O) groups is 2. The summed E-state index contributed by atoms with van der Waals surface area (Å²) in [4.78, 5) is 28.3. The van der Waals surface area contributed by atoms with E-state index in [1.165, 1.54) is 6.33 Å². The van der Waals surface area contributed by atoms with Gasteiger partial charge in [0.05, 0.1) is 6.04 Å². The second kappa shape index (κ2) is 7.46. The van der Waals surface area contributed by atoms with Crippen molar-refractivity contribution < 1.29 is 14.7 Å². The molecule has 0 aromatic carbocycles. The largest absolute Gasteiger partial charge is 0.481 e. The van der Waals surface area contributed by atoms with Gasteiger partial charge in [0.15, 0.2) is 0 Å². The number of aromatic nitrogens is 3. The highest BCUT2D eigenvalue weighted by molar-refractivity contribution is 5.75. The van der Waals surface area contributed by atoms with E-state index in [2.05, 4.69) is 20.5 Å². The number of urea groups is 1. The van der Waals surface area contributed by atoms with E-state index >= 15 is 0 Å². The summed E-state index contributed by atoms with van der Waals surface area (Å²) in [6.45, 7) is 5.98. The summed E-state index contributed by atoms with van der Waals surface area (Å²) >= 11 is 0. The minimum Gasteiger partial charge on any atom is -0.481 e. The van der Waals surface area contributed by atoms with Gasteiger partial charge in [-0.15, -0.1) is 0 Å². The summed E-state index contributed by atoms with van der Waals surface area (Å²) in [7, 11) is 0. The van der Waals surface area contributed by atoms with Gasteiger partial charge in [0.1, 0.15) is 12.2 Å². The molecule has 0 radical (unpaired) electrons. The number of nitrogens with zero attached hydrogens (tertiary/aromatic N) is 3. The number of rotatable bonds is 7. The van der Waals surface area contributed by atoms with Crippen molar-refractivity contribution >= 4 is 12.0 Å². The second-order valence-electron chi connectivity index (χ2n) is 4.83. The third-order valence-corrected chi connectivity index (χ3v) is 2.86. The lowest BCUT2D eigenvalue weighted by atomic mass is 10.2. The summed E-state index contributed by atoms with van der Waals surface area (Å²) in [6.07, 6.45) is 1.86. The molecule has 1 rings (SSSR count). The maximum Gasteiger partial charge on any atom is 0.318 e. The van der Waals surface area contributed by atoms with Crippen LogP contribution in [0, 0.1) is 0 Å². The van der Waals surface area contributed by atoms with Crippen LogP contribution in [-0.2, 0) is 4.79 Å². The van der Waals surface area contributed by atoms with Crippen molar-refractivity contribution in [1.82, 2.24) is 25.4 Å². The maximum absolute atomic E-state index is 12.2. The van der Waals surface area contributed by atoms with Crippen LogP contribution in [-0.4, -0.2) is 49.8 Å². The molecule has 1 unspecified atom stereocenters. The molecule has 2 amide bonds. The van der Waals surface area contributed by atoms with Gasteiger partial charge in [0.25, 0.3) is 0 Å². The van der Waals surface area contributed by atoms with Crippen molar-refractivity contribution in [3.8, 4) is 0 Å². The first-order valence-corrected chi connectivity index (χ1v) is 6.56. The lowest BCUT2D eigenvalue weighted by Crippen LogP contribution is -2.45. The number of nitrogens with one attached hydrogen (secondary N) is 2. The number of amides is 2. The predicted octanol–water partition coefficient (Wildman–Crippen LogP) is 1.15. The zero-order valence-electron chi connectivity index (χ0n) is 12.0. The van der Waals surface area contributed by atoms with Gasteiger partial charge in [-0.2, -0.15) is 5.10 Å². The number of carboxylic acid groups (broad SMARTS) is 1. The number of aromatic amines is 1. The molecule has 0 aliphatic rings. The fourth-order valence-electron chi connectivity index (χ4n) is 1.75. The van der Waals surface area contributed by atoms with E-state index < -0.39 is 5.97 Å². The van der Waals surface area contributed by atoms with E-state index in [4.69, 9.17) is 5.11 Å². The molecular weight excluding hydrogens is 262 g/mol. The van der Waals surface area contributed by atoms with Crippen LogP contribution in [0.4, 0.5) is 4.79 Å². The molecular formula is C12H21N5O3. The number of hydrogen-bond donors (Lipinski definition) is 3. The van der Waals surface area contributed by atoms with E-state index in [-0.39, 0.29) is 24.5 Å². The van der Waals surface area contributed by atoms with Gasteiger partial charge < -0.3 is 15.3 Å². The molecule has 0 fully saturated rings. The van der Waals surface area contributed by atoms with Crippen LogP contribution in [0.1, 0.15) is 45.5 Å². The van der Waals surface area contributed by atoms with E-state index in [9.17, 15) is 9.59 Å². The summed E-state index contributed by atoms with van der Waals surface area (Å²) in [5.41, 5.74) is 0. The number of hydrogen-bond acceptors (Lipinski definition) is 4. The topological polar surface area (TPSA) is 111 Å². The zero-order valence-corrected chi connectivity index (χ0v) is 12.0. The van der Waals surface area contributed by atoms with Gasteiger partial charge in [-0.1, -0.05) is 0 Å². The van der Waals surface area contributed by atoms with Gasteiger partial charge in [-0.3, -0.25) is 9.89 Å². The summed E-state index contributed by atoms with van der Waals surface area (Å²) < 4.78 is 0. The SMILES string of the molecule is CC(NC(=O)N(CCCC(=O)O)C(C)C)c1ncn[nH]1. The summed E-state index contributed by atoms with van der Waals surface area (Å²) in [5, 5.41) is 17.9. The lowest BCUT2D eigenvalue weighted by molar-refractivity contribution is -0.137. The van der Waals surface area contributed by atoms with Crippen molar-refractivity contribution in [3.05, 3.63) is 12.2 Å². The number of aliphatic carboxylic acids is 1. The van der Waals surface area contributed by atoms with E-state index in [0.717, 1.165) is 0 Å². The molecule has 1 aromatic rings. The van der Waals surface area contributed by atoms with Crippen LogP contribution in [0.2, 0.25) is 0 Å². The minimum atomic E-state index is -0.857. The summed E-state index contributed by atoms with van der Waals surface area (Å²) in [5.74, 6) is -0.281. The van der Waals surface area contributed by atoms with Gasteiger partial charge >= 0.3 is 12.0 Å². The molecule has 1 aromatic heterocycles. The second-order valence-corrected chi connectivity index (χ2v) is 4.83. The average molecular weight is 283 g/mol. The number of carbonyl (C=O) groups excluding carboxylic acids is 1.